The first kappa shape index (κ1) is 31.8. The first-order valence-electron chi connectivity index (χ1n) is 18.3. The van der Waals surface area contributed by atoms with E-state index in [4.69, 9.17) is 15.0 Å². The summed E-state index contributed by atoms with van der Waals surface area (Å²) in [4.78, 5) is 15.1. The molecular weight excluding hydrogens is 637 g/mol. The van der Waals surface area contributed by atoms with Crippen LogP contribution in [0.4, 0.5) is 0 Å². The number of para-hydroxylation sites is 2. The van der Waals surface area contributed by atoms with E-state index in [0.717, 1.165) is 61.9 Å². The number of hydrogen-bond acceptors (Lipinski definition) is 5. The molecule has 0 spiro atoms. The predicted molar refractivity (Wildman–Crippen MR) is 206 cm³/mol. The van der Waals surface area contributed by atoms with E-state index in [2.05, 4.69) is 97.3 Å². The summed E-state index contributed by atoms with van der Waals surface area (Å²) in [6, 6.07) is 43.4. The predicted octanol–water partition coefficient (Wildman–Crippen LogP) is 10.8. The molecule has 4 atom stereocenters. The van der Waals surface area contributed by atoms with Crippen LogP contribution in [0, 0.1) is 40.4 Å². The molecule has 2 saturated carbocycles. The van der Waals surface area contributed by atoms with Crippen LogP contribution in [0.3, 0.4) is 0 Å². The molecule has 0 amide bonds. The molecule has 2 aromatic heterocycles. The van der Waals surface area contributed by atoms with Crippen molar-refractivity contribution in [2.45, 2.75) is 51.4 Å². The van der Waals surface area contributed by atoms with E-state index in [1.165, 1.54) is 37.7 Å². The number of nitriles is 2. The minimum absolute atomic E-state index is 0.260. The lowest BCUT2D eigenvalue weighted by Crippen LogP contribution is -2.42. The fourth-order valence-electron chi connectivity index (χ4n) is 9.67. The van der Waals surface area contributed by atoms with Crippen LogP contribution in [0.5, 0.6) is 0 Å². The minimum Gasteiger partial charge on any atom is -0.309 e. The van der Waals surface area contributed by atoms with Crippen LogP contribution in [0.2, 0.25) is 0 Å². The zero-order chi connectivity index (χ0) is 35.4. The van der Waals surface area contributed by atoms with Gasteiger partial charge < -0.3 is 4.57 Å². The van der Waals surface area contributed by atoms with Gasteiger partial charge in [0.1, 0.15) is 0 Å². The molecule has 0 aliphatic heterocycles. The largest absolute Gasteiger partial charge is 0.309 e. The van der Waals surface area contributed by atoms with Crippen molar-refractivity contribution in [2.75, 3.05) is 0 Å². The van der Waals surface area contributed by atoms with Gasteiger partial charge in [0.25, 0.3) is 0 Å². The molecule has 6 nitrogen and oxygen atoms in total. The highest BCUT2D eigenvalue weighted by Gasteiger charge is 2.45. The van der Waals surface area contributed by atoms with Crippen molar-refractivity contribution in [1.29, 1.82) is 10.5 Å². The standard InChI is InChI=1S/C46H38N6/c1-29-21-33-22-30(2)25-46(24-29,26-33)36-17-19-37(20-18-36)52-41-12-4-3-9-38(41)39-10-6-11-40(42(39)52)45-50-43(34-15-13-31(27-47)14-16-34)49-44(51-45)35-8-5-7-32(23-35)28-48/h3-20,23,29-30,33H,21-22,24-26H2,1-2H3/t29-,30?,33-,46?/m1/s1. The summed E-state index contributed by atoms with van der Waals surface area (Å²) in [5, 5.41) is 21.4. The maximum Gasteiger partial charge on any atom is 0.166 e. The molecule has 2 heterocycles. The van der Waals surface area contributed by atoms with Gasteiger partial charge in [-0.3, -0.25) is 0 Å². The molecule has 52 heavy (non-hydrogen) atoms. The van der Waals surface area contributed by atoms with Gasteiger partial charge >= 0.3 is 0 Å². The van der Waals surface area contributed by atoms with Crippen molar-refractivity contribution in [2.24, 2.45) is 17.8 Å². The lowest BCUT2D eigenvalue weighted by molar-refractivity contribution is 0.0780. The van der Waals surface area contributed by atoms with Crippen molar-refractivity contribution in [3.05, 3.63) is 132 Å². The molecule has 0 N–H and O–H groups in total. The Hall–Kier alpha value is -6.11. The smallest absolute Gasteiger partial charge is 0.166 e. The van der Waals surface area contributed by atoms with Crippen molar-refractivity contribution in [1.82, 2.24) is 19.5 Å². The molecule has 6 heteroatoms. The summed E-state index contributed by atoms with van der Waals surface area (Å²) in [5.41, 5.74) is 8.49. The van der Waals surface area contributed by atoms with E-state index >= 15 is 0 Å². The van der Waals surface area contributed by atoms with E-state index in [1.807, 2.05) is 30.3 Å². The second-order valence-electron chi connectivity index (χ2n) is 15.2. The fraction of sp³-hybridized carbons (Fsp3) is 0.239. The van der Waals surface area contributed by atoms with Gasteiger partial charge in [-0.25, -0.2) is 15.0 Å². The van der Waals surface area contributed by atoms with E-state index in [1.54, 1.807) is 18.2 Å². The van der Waals surface area contributed by atoms with Crippen LogP contribution in [0.15, 0.2) is 115 Å². The van der Waals surface area contributed by atoms with Gasteiger partial charge in [0.05, 0.1) is 34.3 Å². The average molecular weight is 675 g/mol. The Bertz CT molecular complexity index is 2550. The molecule has 2 aliphatic carbocycles. The Morgan fingerprint density at radius 2 is 1.27 bits per heavy atom. The third-order valence-electron chi connectivity index (χ3n) is 11.5. The highest BCUT2D eigenvalue weighted by atomic mass is 15.0. The van der Waals surface area contributed by atoms with E-state index < -0.39 is 0 Å². The SMILES string of the molecule is CC1C[C@H]2C[C@@H](C)CC(c3ccc(-n4c5ccccc5c5cccc(-c6nc(-c7ccc(C#N)cc7)nc(-c7cccc(C#N)c7)n6)c54)cc3)(C1)C2. The molecule has 2 fully saturated rings. The van der Waals surface area contributed by atoms with Crippen LogP contribution in [0.25, 0.3) is 61.7 Å². The highest BCUT2D eigenvalue weighted by Crippen LogP contribution is 2.54. The van der Waals surface area contributed by atoms with E-state index in [-0.39, 0.29) is 5.41 Å². The molecule has 9 rings (SSSR count). The Morgan fingerprint density at radius 3 is 2.00 bits per heavy atom. The second kappa shape index (κ2) is 12.6. The Morgan fingerprint density at radius 1 is 0.615 bits per heavy atom. The molecular formula is C46H38N6. The van der Waals surface area contributed by atoms with Crippen LogP contribution < -0.4 is 0 Å². The van der Waals surface area contributed by atoms with Crippen molar-refractivity contribution < 1.29 is 0 Å². The van der Waals surface area contributed by atoms with Crippen LogP contribution >= 0.6 is 0 Å². The summed E-state index contributed by atoms with van der Waals surface area (Å²) < 4.78 is 2.36. The van der Waals surface area contributed by atoms with E-state index in [9.17, 15) is 10.5 Å². The third-order valence-corrected chi connectivity index (χ3v) is 11.5. The van der Waals surface area contributed by atoms with Crippen molar-refractivity contribution >= 4 is 21.8 Å². The summed E-state index contributed by atoms with van der Waals surface area (Å²) in [6.07, 6.45) is 6.58. The van der Waals surface area contributed by atoms with Gasteiger partial charge in [0.2, 0.25) is 0 Å². The van der Waals surface area contributed by atoms with Gasteiger partial charge in [-0.1, -0.05) is 68.4 Å². The van der Waals surface area contributed by atoms with Gasteiger partial charge in [0, 0.05) is 33.2 Å². The molecule has 2 bridgehead atoms. The van der Waals surface area contributed by atoms with Crippen LogP contribution in [-0.4, -0.2) is 19.5 Å². The van der Waals surface area contributed by atoms with E-state index in [0.29, 0.717) is 28.6 Å². The Balaban J connectivity index is 1.24. The zero-order valence-electron chi connectivity index (χ0n) is 29.4. The first-order chi connectivity index (χ1) is 25.4. The molecule has 2 unspecified atom stereocenters. The quantitative estimate of drug-likeness (QED) is 0.181. The first-order valence-corrected chi connectivity index (χ1v) is 18.3. The monoisotopic (exact) mass is 674 g/mol. The highest BCUT2D eigenvalue weighted by molar-refractivity contribution is 6.13. The number of rotatable bonds is 5. The number of aromatic nitrogens is 4. The minimum atomic E-state index is 0.260. The van der Waals surface area contributed by atoms with Gasteiger partial charge in [-0.15, -0.1) is 0 Å². The second-order valence-corrected chi connectivity index (χ2v) is 15.2. The molecule has 2 aliphatic rings. The summed E-state index contributed by atoms with van der Waals surface area (Å²) in [6.45, 7) is 4.90. The number of hydrogen-bond donors (Lipinski definition) is 0. The third kappa shape index (κ3) is 5.43. The van der Waals surface area contributed by atoms with Crippen LogP contribution in [0.1, 0.15) is 62.6 Å². The Kier molecular flexibility index (Phi) is 7.71. The number of fused-ring (bicyclic) bond motifs is 5. The van der Waals surface area contributed by atoms with Gasteiger partial charge in [-0.05, 0) is 121 Å². The van der Waals surface area contributed by atoms with Gasteiger partial charge in [0.15, 0.2) is 17.5 Å². The summed E-state index contributed by atoms with van der Waals surface area (Å²) in [7, 11) is 0. The summed E-state index contributed by atoms with van der Waals surface area (Å²) in [5.74, 6) is 3.85. The summed E-state index contributed by atoms with van der Waals surface area (Å²) >= 11 is 0. The van der Waals surface area contributed by atoms with Crippen molar-refractivity contribution in [3.63, 3.8) is 0 Å². The lowest BCUT2D eigenvalue weighted by atomic mass is 9.54. The maximum atomic E-state index is 9.67. The lowest BCUT2D eigenvalue weighted by Gasteiger charge is -2.50. The molecule has 0 saturated heterocycles. The Labute approximate surface area is 304 Å². The number of nitrogens with zero attached hydrogens (tertiary/aromatic N) is 6. The normalized spacial score (nSPS) is 21.1. The average Bonchev–Trinajstić information content (AvgIpc) is 3.52. The molecule has 5 aromatic carbocycles. The topological polar surface area (TPSA) is 91.2 Å². The molecule has 7 aromatic rings. The fourth-order valence-corrected chi connectivity index (χ4v) is 9.67. The maximum absolute atomic E-state index is 9.67. The molecule has 0 radical (unpaired) electrons. The van der Waals surface area contributed by atoms with Crippen LogP contribution in [-0.2, 0) is 5.41 Å². The van der Waals surface area contributed by atoms with Gasteiger partial charge in [-0.2, -0.15) is 10.5 Å². The molecule has 252 valence electrons. The number of benzene rings is 5. The van der Waals surface area contributed by atoms with Crippen molar-refractivity contribution in [3.8, 4) is 52.0 Å². The zero-order valence-corrected chi connectivity index (χ0v) is 29.4.